The average Bonchev–Trinajstić information content (AvgIpc) is 2.75. The van der Waals surface area contributed by atoms with Gasteiger partial charge in [-0.1, -0.05) is 18.2 Å². The number of para-hydroxylation sites is 1. The van der Waals surface area contributed by atoms with E-state index in [0.717, 1.165) is 17.3 Å². The Labute approximate surface area is 127 Å². The number of rotatable bonds is 6. The molecule has 112 valence electrons. The Morgan fingerprint density at radius 2 is 2.00 bits per heavy atom. The van der Waals surface area contributed by atoms with Crippen LogP contribution in [0.2, 0.25) is 0 Å². The van der Waals surface area contributed by atoms with Crippen molar-refractivity contribution in [3.05, 3.63) is 34.7 Å². The molecule has 2 amide bonds. The minimum absolute atomic E-state index is 0.239. The van der Waals surface area contributed by atoms with Crippen LogP contribution < -0.4 is 4.74 Å². The van der Waals surface area contributed by atoms with Gasteiger partial charge in [0.1, 0.15) is 5.75 Å². The molecule has 0 N–H and O–H groups in total. The summed E-state index contributed by atoms with van der Waals surface area (Å²) in [5.41, 5.74) is 0.780. The second-order valence-electron chi connectivity index (χ2n) is 4.42. The van der Waals surface area contributed by atoms with E-state index in [0.29, 0.717) is 30.2 Å². The first-order valence-electron chi connectivity index (χ1n) is 6.54. The maximum absolute atomic E-state index is 12.2. The van der Waals surface area contributed by atoms with Gasteiger partial charge in [-0.05, 0) is 30.3 Å². The number of nitrogens with zero attached hydrogens (tertiary/aromatic N) is 1. The van der Waals surface area contributed by atoms with Gasteiger partial charge in [0.25, 0.3) is 11.1 Å². The fourth-order valence-corrected chi connectivity index (χ4v) is 2.84. The van der Waals surface area contributed by atoms with Gasteiger partial charge in [-0.15, -0.1) is 0 Å². The first kappa shape index (κ1) is 15.6. The summed E-state index contributed by atoms with van der Waals surface area (Å²) in [6.45, 7) is 0.898. The van der Waals surface area contributed by atoms with E-state index in [-0.39, 0.29) is 11.1 Å². The van der Waals surface area contributed by atoms with Crippen LogP contribution in [0.3, 0.4) is 0 Å². The molecule has 0 bridgehead atoms. The number of benzene rings is 1. The van der Waals surface area contributed by atoms with Crippen LogP contribution in [0.5, 0.6) is 5.75 Å². The van der Waals surface area contributed by atoms with E-state index in [4.69, 9.17) is 9.47 Å². The highest BCUT2D eigenvalue weighted by Crippen LogP contribution is 2.33. The third-order valence-electron chi connectivity index (χ3n) is 3.03. The van der Waals surface area contributed by atoms with E-state index < -0.39 is 0 Å². The predicted octanol–water partition coefficient (Wildman–Crippen LogP) is 2.77. The summed E-state index contributed by atoms with van der Waals surface area (Å²) < 4.78 is 10.2. The summed E-state index contributed by atoms with van der Waals surface area (Å²) in [6, 6.07) is 7.37. The summed E-state index contributed by atoms with van der Waals surface area (Å²) in [4.78, 5) is 25.8. The highest BCUT2D eigenvalue weighted by Gasteiger charge is 2.34. The van der Waals surface area contributed by atoms with Crippen molar-refractivity contribution < 1.29 is 19.1 Å². The zero-order chi connectivity index (χ0) is 15.2. The summed E-state index contributed by atoms with van der Waals surface area (Å²) in [5.74, 6) is 0.413. The Kier molecular flexibility index (Phi) is 5.41. The van der Waals surface area contributed by atoms with E-state index in [1.54, 1.807) is 20.3 Å². The third-order valence-corrected chi connectivity index (χ3v) is 3.94. The van der Waals surface area contributed by atoms with Crippen molar-refractivity contribution in [1.29, 1.82) is 0 Å². The first-order chi connectivity index (χ1) is 10.2. The van der Waals surface area contributed by atoms with Crippen molar-refractivity contribution >= 4 is 29.0 Å². The minimum atomic E-state index is -0.257. The number of carbonyl (C=O) groups is 2. The average molecular weight is 307 g/mol. The minimum Gasteiger partial charge on any atom is -0.496 e. The standard InChI is InChI=1S/C15H17NO4S/c1-19-9-5-8-16-14(17)13(21-15(16)18)10-11-6-3-4-7-12(11)20-2/h3-4,6-7,10H,5,8-9H2,1-2H3/b13-10+. The topological polar surface area (TPSA) is 55.8 Å². The van der Waals surface area contributed by atoms with Gasteiger partial charge in [-0.3, -0.25) is 14.5 Å². The highest BCUT2D eigenvalue weighted by molar-refractivity contribution is 8.18. The number of imide groups is 1. The zero-order valence-electron chi connectivity index (χ0n) is 12.0. The van der Waals surface area contributed by atoms with E-state index in [9.17, 15) is 9.59 Å². The number of hydrogen-bond donors (Lipinski definition) is 0. The van der Waals surface area contributed by atoms with Gasteiger partial charge >= 0.3 is 0 Å². The number of carbonyl (C=O) groups excluding carboxylic acids is 2. The summed E-state index contributed by atoms with van der Waals surface area (Å²) >= 11 is 0.956. The Balaban J connectivity index is 2.16. The molecule has 1 fully saturated rings. The smallest absolute Gasteiger partial charge is 0.293 e. The lowest BCUT2D eigenvalue weighted by Gasteiger charge is -2.11. The Morgan fingerprint density at radius 1 is 1.24 bits per heavy atom. The number of ether oxygens (including phenoxy) is 2. The fourth-order valence-electron chi connectivity index (χ4n) is 1.99. The van der Waals surface area contributed by atoms with E-state index in [2.05, 4.69) is 0 Å². The van der Waals surface area contributed by atoms with Crippen molar-refractivity contribution in [3.63, 3.8) is 0 Å². The van der Waals surface area contributed by atoms with Crippen LogP contribution in [0.1, 0.15) is 12.0 Å². The molecule has 1 saturated heterocycles. The molecule has 1 aliphatic rings. The molecule has 5 nitrogen and oxygen atoms in total. The van der Waals surface area contributed by atoms with Crippen LogP contribution in [0.15, 0.2) is 29.2 Å². The summed E-state index contributed by atoms with van der Waals surface area (Å²) in [6.07, 6.45) is 2.33. The van der Waals surface area contributed by atoms with Gasteiger partial charge in [-0.2, -0.15) is 0 Å². The molecule has 1 aliphatic heterocycles. The number of amides is 2. The molecule has 21 heavy (non-hydrogen) atoms. The highest BCUT2D eigenvalue weighted by atomic mass is 32.2. The third kappa shape index (κ3) is 3.65. The molecule has 0 unspecified atom stereocenters. The molecule has 2 rings (SSSR count). The monoisotopic (exact) mass is 307 g/mol. The van der Waals surface area contributed by atoms with Gasteiger partial charge in [-0.25, -0.2) is 0 Å². The van der Waals surface area contributed by atoms with Gasteiger partial charge in [0.2, 0.25) is 0 Å². The van der Waals surface area contributed by atoms with Gasteiger partial charge in [0.05, 0.1) is 12.0 Å². The van der Waals surface area contributed by atoms with Crippen LogP contribution in [0.25, 0.3) is 6.08 Å². The van der Waals surface area contributed by atoms with Gasteiger partial charge in [0, 0.05) is 25.8 Å². The molecule has 1 heterocycles. The van der Waals surface area contributed by atoms with Crippen molar-refractivity contribution in [2.45, 2.75) is 6.42 Å². The van der Waals surface area contributed by atoms with Crippen LogP contribution in [0, 0.1) is 0 Å². The molecule has 0 spiro atoms. The lowest BCUT2D eigenvalue weighted by atomic mass is 10.2. The van der Waals surface area contributed by atoms with Crippen LogP contribution in [-0.4, -0.2) is 43.4 Å². The molecule has 0 atom stereocenters. The summed E-state index contributed by atoms with van der Waals surface area (Å²) in [7, 11) is 3.17. The van der Waals surface area contributed by atoms with Crippen LogP contribution in [0.4, 0.5) is 4.79 Å². The number of hydrogen-bond acceptors (Lipinski definition) is 5. The molecular weight excluding hydrogens is 290 g/mol. The van der Waals surface area contributed by atoms with E-state index in [1.807, 2.05) is 24.3 Å². The van der Waals surface area contributed by atoms with Gasteiger partial charge < -0.3 is 9.47 Å². The lowest BCUT2D eigenvalue weighted by Crippen LogP contribution is -2.29. The van der Waals surface area contributed by atoms with Crippen molar-refractivity contribution in [2.75, 3.05) is 27.4 Å². The van der Waals surface area contributed by atoms with E-state index in [1.165, 1.54) is 4.90 Å². The quantitative estimate of drug-likeness (QED) is 0.597. The largest absolute Gasteiger partial charge is 0.496 e. The molecule has 0 aliphatic carbocycles. The van der Waals surface area contributed by atoms with E-state index >= 15 is 0 Å². The first-order valence-corrected chi connectivity index (χ1v) is 7.36. The fraction of sp³-hybridized carbons (Fsp3) is 0.333. The lowest BCUT2D eigenvalue weighted by molar-refractivity contribution is -0.122. The SMILES string of the molecule is COCCCN1C(=O)S/C(=C/c2ccccc2OC)C1=O. The van der Waals surface area contributed by atoms with Crippen molar-refractivity contribution in [2.24, 2.45) is 0 Å². The molecule has 6 heteroatoms. The Hall–Kier alpha value is -1.79. The second kappa shape index (κ2) is 7.28. The van der Waals surface area contributed by atoms with Crippen molar-refractivity contribution in [1.82, 2.24) is 4.90 Å². The predicted molar refractivity (Wildman–Crippen MR) is 82.2 cm³/mol. The van der Waals surface area contributed by atoms with Gasteiger partial charge in [0.15, 0.2) is 0 Å². The van der Waals surface area contributed by atoms with Crippen LogP contribution >= 0.6 is 11.8 Å². The maximum Gasteiger partial charge on any atom is 0.293 e. The van der Waals surface area contributed by atoms with Crippen molar-refractivity contribution in [3.8, 4) is 5.75 Å². The normalized spacial score (nSPS) is 16.9. The Morgan fingerprint density at radius 3 is 2.71 bits per heavy atom. The molecule has 0 aromatic heterocycles. The maximum atomic E-state index is 12.2. The zero-order valence-corrected chi connectivity index (χ0v) is 12.8. The second-order valence-corrected chi connectivity index (χ2v) is 5.41. The molecule has 1 aromatic rings. The molecule has 1 aromatic carbocycles. The number of methoxy groups -OCH3 is 2. The molecule has 0 radical (unpaired) electrons. The molecule has 0 saturated carbocycles. The van der Waals surface area contributed by atoms with Crippen LogP contribution in [-0.2, 0) is 9.53 Å². The Bertz CT molecular complexity index is 571. The number of thioether (sulfide) groups is 1. The molecular formula is C15H17NO4S. The summed E-state index contributed by atoms with van der Waals surface area (Å²) in [5, 5.41) is -0.239.